The average Bonchev–Trinajstić information content (AvgIpc) is 2.44. The molecule has 0 bridgehead atoms. The predicted octanol–water partition coefficient (Wildman–Crippen LogP) is 3.80. The Kier molecular flexibility index (Phi) is 6.00. The first-order valence-electron chi connectivity index (χ1n) is 7.45. The van der Waals surface area contributed by atoms with Crippen molar-refractivity contribution in [3.05, 3.63) is 34.1 Å². The van der Waals surface area contributed by atoms with E-state index in [0.717, 1.165) is 31.7 Å². The maximum absolute atomic E-state index is 13.6. The van der Waals surface area contributed by atoms with Gasteiger partial charge in [0.15, 0.2) is 0 Å². The number of rotatable bonds is 5. The molecule has 1 atom stereocenters. The fourth-order valence-electron chi connectivity index (χ4n) is 2.76. The Morgan fingerprint density at radius 3 is 2.90 bits per heavy atom. The lowest BCUT2D eigenvalue weighted by Gasteiger charge is -2.33. The molecule has 1 aliphatic rings. The van der Waals surface area contributed by atoms with Gasteiger partial charge in [-0.25, -0.2) is 4.39 Å². The van der Waals surface area contributed by atoms with Gasteiger partial charge in [-0.1, -0.05) is 12.1 Å². The van der Waals surface area contributed by atoms with Crippen LogP contribution in [-0.4, -0.2) is 30.6 Å². The van der Waals surface area contributed by atoms with Gasteiger partial charge in [-0.15, -0.1) is 0 Å². The second-order valence-corrected chi connectivity index (χ2v) is 6.74. The van der Waals surface area contributed by atoms with Gasteiger partial charge in [0.25, 0.3) is 0 Å². The van der Waals surface area contributed by atoms with Crippen LogP contribution in [-0.2, 0) is 6.54 Å². The summed E-state index contributed by atoms with van der Waals surface area (Å²) in [6.45, 7) is 8.55. The van der Waals surface area contributed by atoms with Crippen LogP contribution in [0.4, 0.5) is 4.39 Å². The molecule has 0 aliphatic carbocycles. The van der Waals surface area contributed by atoms with Crippen LogP contribution in [0.25, 0.3) is 0 Å². The number of hydrogen-bond acceptors (Lipinski definition) is 2. The lowest BCUT2D eigenvalue weighted by Crippen LogP contribution is -2.40. The van der Waals surface area contributed by atoms with Crippen molar-refractivity contribution in [3.63, 3.8) is 0 Å². The Bertz CT molecular complexity index is 430. The Balaban J connectivity index is 2.03. The smallest absolute Gasteiger partial charge is 0.137 e. The molecule has 0 radical (unpaired) electrons. The molecule has 1 heterocycles. The zero-order chi connectivity index (χ0) is 14.5. The van der Waals surface area contributed by atoms with Crippen LogP contribution >= 0.6 is 15.9 Å². The molecule has 1 fully saturated rings. The van der Waals surface area contributed by atoms with Gasteiger partial charge in [-0.3, -0.25) is 4.90 Å². The molecule has 2 rings (SSSR count). The predicted molar refractivity (Wildman–Crippen MR) is 85.2 cm³/mol. The summed E-state index contributed by atoms with van der Waals surface area (Å²) in [7, 11) is 0. The maximum Gasteiger partial charge on any atom is 0.137 e. The number of halogens is 2. The minimum atomic E-state index is -0.175. The summed E-state index contributed by atoms with van der Waals surface area (Å²) >= 11 is 3.37. The Labute approximate surface area is 129 Å². The first-order valence-corrected chi connectivity index (χ1v) is 8.25. The van der Waals surface area contributed by atoms with E-state index in [1.807, 2.05) is 6.07 Å². The van der Waals surface area contributed by atoms with E-state index in [9.17, 15) is 4.39 Å². The molecular formula is C16H24BrFN2. The third kappa shape index (κ3) is 4.27. The van der Waals surface area contributed by atoms with Crippen LogP contribution in [0.15, 0.2) is 22.7 Å². The van der Waals surface area contributed by atoms with E-state index < -0.39 is 0 Å². The van der Waals surface area contributed by atoms with Gasteiger partial charge >= 0.3 is 0 Å². The first kappa shape index (κ1) is 15.9. The second-order valence-electron chi connectivity index (χ2n) is 5.95. The van der Waals surface area contributed by atoms with E-state index in [0.29, 0.717) is 16.4 Å². The fourth-order valence-corrected chi connectivity index (χ4v) is 3.15. The van der Waals surface area contributed by atoms with Gasteiger partial charge in [-0.2, -0.15) is 0 Å². The van der Waals surface area contributed by atoms with Gasteiger partial charge in [0.1, 0.15) is 5.82 Å². The largest absolute Gasteiger partial charge is 0.316 e. The summed E-state index contributed by atoms with van der Waals surface area (Å²) in [5.74, 6) is 0.532. The highest BCUT2D eigenvalue weighted by Crippen LogP contribution is 2.23. The van der Waals surface area contributed by atoms with Gasteiger partial charge in [0.2, 0.25) is 0 Å². The van der Waals surface area contributed by atoms with Crippen molar-refractivity contribution < 1.29 is 4.39 Å². The highest BCUT2D eigenvalue weighted by atomic mass is 79.9. The van der Waals surface area contributed by atoms with E-state index in [-0.39, 0.29) is 5.82 Å². The molecule has 1 aromatic rings. The van der Waals surface area contributed by atoms with Gasteiger partial charge < -0.3 is 5.32 Å². The van der Waals surface area contributed by atoms with Crippen LogP contribution in [0.3, 0.4) is 0 Å². The summed E-state index contributed by atoms with van der Waals surface area (Å²) in [6.07, 6.45) is 2.56. The van der Waals surface area contributed by atoms with Crippen LogP contribution in [0, 0.1) is 11.7 Å². The Morgan fingerprint density at radius 1 is 1.45 bits per heavy atom. The second kappa shape index (κ2) is 7.53. The number of piperidine rings is 1. The highest BCUT2D eigenvalue weighted by molar-refractivity contribution is 9.10. The van der Waals surface area contributed by atoms with Crippen molar-refractivity contribution in [2.24, 2.45) is 5.92 Å². The number of nitrogens with zero attached hydrogens (tertiary/aromatic N) is 1. The van der Waals surface area contributed by atoms with Crippen molar-refractivity contribution in [2.75, 3.05) is 19.6 Å². The van der Waals surface area contributed by atoms with E-state index in [2.05, 4.69) is 40.0 Å². The maximum atomic E-state index is 13.6. The van der Waals surface area contributed by atoms with Crippen LogP contribution in [0.1, 0.15) is 32.3 Å². The molecule has 1 saturated heterocycles. The zero-order valence-corrected chi connectivity index (χ0v) is 13.9. The Hall–Kier alpha value is -0.450. The average molecular weight is 343 g/mol. The molecule has 1 N–H and O–H groups in total. The molecule has 0 saturated carbocycles. The lowest BCUT2D eigenvalue weighted by molar-refractivity contribution is 0.163. The first-order chi connectivity index (χ1) is 9.58. The van der Waals surface area contributed by atoms with Crippen molar-refractivity contribution in [2.45, 2.75) is 39.3 Å². The minimum absolute atomic E-state index is 0.175. The minimum Gasteiger partial charge on any atom is -0.316 e. The summed E-state index contributed by atoms with van der Waals surface area (Å²) in [4.78, 5) is 2.44. The topological polar surface area (TPSA) is 15.3 Å². The van der Waals surface area contributed by atoms with Gasteiger partial charge in [0.05, 0.1) is 4.47 Å². The number of hydrogen-bond donors (Lipinski definition) is 1. The molecule has 1 aliphatic heterocycles. The lowest BCUT2D eigenvalue weighted by atomic mass is 9.98. The fraction of sp³-hybridized carbons (Fsp3) is 0.625. The molecule has 112 valence electrons. The summed E-state index contributed by atoms with van der Waals surface area (Å²) in [5, 5.41) is 3.47. The third-order valence-corrected chi connectivity index (χ3v) is 4.92. The van der Waals surface area contributed by atoms with Crippen LogP contribution < -0.4 is 5.32 Å². The molecule has 1 unspecified atom stereocenters. The van der Waals surface area contributed by atoms with E-state index in [1.54, 1.807) is 6.07 Å². The standard InChI is InChI=1S/C16H24BrFN2/c1-12(2)20(10-13-5-4-8-19-9-13)11-14-6-3-7-15(18)16(14)17/h3,6-7,12-13,19H,4-5,8-11H2,1-2H3. The quantitative estimate of drug-likeness (QED) is 0.875. The van der Waals surface area contributed by atoms with Crippen molar-refractivity contribution in [1.82, 2.24) is 10.2 Å². The molecule has 0 aromatic heterocycles. The van der Waals surface area contributed by atoms with Crippen molar-refractivity contribution in [1.29, 1.82) is 0 Å². The molecule has 2 nitrogen and oxygen atoms in total. The van der Waals surface area contributed by atoms with Crippen molar-refractivity contribution >= 4 is 15.9 Å². The Morgan fingerprint density at radius 2 is 2.25 bits per heavy atom. The van der Waals surface area contributed by atoms with Crippen LogP contribution in [0.5, 0.6) is 0 Å². The summed E-state index contributed by atoms with van der Waals surface area (Å²) < 4.78 is 14.2. The number of nitrogens with one attached hydrogen (secondary N) is 1. The highest BCUT2D eigenvalue weighted by Gasteiger charge is 2.20. The van der Waals surface area contributed by atoms with E-state index in [1.165, 1.54) is 18.9 Å². The SMILES string of the molecule is CC(C)N(Cc1cccc(F)c1Br)CC1CCCNC1. The summed E-state index contributed by atoms with van der Waals surface area (Å²) in [6, 6.07) is 5.75. The molecular weight excluding hydrogens is 319 g/mol. The molecule has 0 spiro atoms. The molecule has 20 heavy (non-hydrogen) atoms. The van der Waals surface area contributed by atoms with Gasteiger partial charge in [-0.05, 0) is 73.3 Å². The molecule has 0 amide bonds. The monoisotopic (exact) mass is 342 g/mol. The van der Waals surface area contributed by atoms with Gasteiger partial charge in [0, 0.05) is 19.1 Å². The van der Waals surface area contributed by atoms with Crippen LogP contribution in [0.2, 0.25) is 0 Å². The molecule has 1 aromatic carbocycles. The number of benzene rings is 1. The zero-order valence-electron chi connectivity index (χ0n) is 12.3. The summed E-state index contributed by atoms with van der Waals surface area (Å²) in [5.41, 5.74) is 1.03. The van der Waals surface area contributed by atoms with E-state index >= 15 is 0 Å². The van der Waals surface area contributed by atoms with E-state index in [4.69, 9.17) is 0 Å². The molecule has 4 heteroatoms. The normalized spacial score (nSPS) is 19.8. The van der Waals surface area contributed by atoms with Crippen molar-refractivity contribution in [3.8, 4) is 0 Å². The third-order valence-electron chi connectivity index (χ3n) is 4.03.